The summed E-state index contributed by atoms with van der Waals surface area (Å²) in [5.74, 6) is 0.774. The molecule has 1 rings (SSSR count). The van der Waals surface area contributed by atoms with E-state index in [1.165, 1.54) is 57.8 Å². The topological polar surface area (TPSA) is 50.7 Å². The van der Waals surface area contributed by atoms with Crippen molar-refractivity contribution in [2.45, 2.75) is 84.0 Å². The molecule has 0 aliphatic rings. The van der Waals surface area contributed by atoms with Crippen LogP contribution >= 0.6 is 0 Å². The molecule has 1 aromatic carbocycles. The van der Waals surface area contributed by atoms with Gasteiger partial charge >= 0.3 is 0 Å². The number of amides is 1. The van der Waals surface area contributed by atoms with E-state index in [0.29, 0.717) is 13.0 Å². The summed E-state index contributed by atoms with van der Waals surface area (Å²) in [6, 6.07) is 7.55. The Morgan fingerprint density at radius 3 is 2.11 bits per heavy atom. The van der Waals surface area contributed by atoms with Crippen molar-refractivity contribution >= 4 is 12.1 Å². The lowest BCUT2D eigenvalue weighted by Gasteiger charge is -2.03. The number of rotatable bonds is 17. The van der Waals surface area contributed by atoms with Crippen LogP contribution in [0.4, 0.5) is 0 Å². The molecule has 0 aromatic heterocycles. The quantitative estimate of drug-likeness (QED) is 0.146. The second-order valence-electron chi connectivity index (χ2n) is 7.25. The number of ether oxygens (including phenoxy) is 1. The van der Waals surface area contributed by atoms with Crippen LogP contribution in [0.25, 0.3) is 0 Å². The first-order valence-corrected chi connectivity index (χ1v) is 10.9. The summed E-state index contributed by atoms with van der Waals surface area (Å²) < 4.78 is 5.43. The average molecular weight is 387 g/mol. The minimum Gasteiger partial charge on any atom is -0.490 e. The summed E-state index contributed by atoms with van der Waals surface area (Å²) in [5.41, 5.74) is 3.52. The highest BCUT2D eigenvalue weighted by molar-refractivity contribution is 5.82. The number of carbonyl (C=O) groups excluding carboxylic acids is 1. The standard InChI is InChI=1S/C24H38N2O2/c1-3-5-6-7-8-9-10-11-12-13-14-15-24(27)26-25-21-22-16-18-23(19-17-22)28-20-4-2/h4,16-19,21H,2-3,5-15,20H2,1H3,(H,26,27)/b25-21-. The molecule has 0 saturated carbocycles. The first-order valence-electron chi connectivity index (χ1n) is 10.9. The zero-order valence-corrected chi connectivity index (χ0v) is 17.6. The molecule has 0 spiro atoms. The van der Waals surface area contributed by atoms with E-state index in [2.05, 4.69) is 24.0 Å². The fourth-order valence-electron chi connectivity index (χ4n) is 2.99. The van der Waals surface area contributed by atoms with Crippen LogP contribution in [0.1, 0.15) is 89.5 Å². The van der Waals surface area contributed by atoms with Crippen LogP contribution in [-0.2, 0) is 4.79 Å². The smallest absolute Gasteiger partial charge is 0.240 e. The zero-order valence-electron chi connectivity index (χ0n) is 17.6. The van der Waals surface area contributed by atoms with Gasteiger partial charge in [0.1, 0.15) is 12.4 Å². The second-order valence-corrected chi connectivity index (χ2v) is 7.25. The molecular formula is C24H38N2O2. The molecule has 0 saturated heterocycles. The summed E-state index contributed by atoms with van der Waals surface area (Å²) in [5, 5.41) is 4.02. The molecule has 0 bridgehead atoms. The molecule has 156 valence electrons. The third kappa shape index (κ3) is 13.1. The minimum atomic E-state index is -0.0156. The first-order chi connectivity index (χ1) is 13.8. The summed E-state index contributed by atoms with van der Waals surface area (Å²) in [7, 11) is 0. The molecule has 0 heterocycles. The Kier molecular flexibility index (Phi) is 14.6. The van der Waals surface area contributed by atoms with Crippen molar-refractivity contribution in [1.29, 1.82) is 0 Å². The molecule has 4 heteroatoms. The van der Waals surface area contributed by atoms with Crippen LogP contribution < -0.4 is 10.2 Å². The summed E-state index contributed by atoms with van der Waals surface area (Å²) in [6.07, 6.45) is 18.0. The fourth-order valence-corrected chi connectivity index (χ4v) is 2.99. The van der Waals surface area contributed by atoms with Gasteiger partial charge in [0.25, 0.3) is 0 Å². The van der Waals surface area contributed by atoms with Gasteiger partial charge in [-0.25, -0.2) is 5.43 Å². The summed E-state index contributed by atoms with van der Waals surface area (Å²) in [4.78, 5) is 11.8. The van der Waals surface area contributed by atoms with E-state index in [-0.39, 0.29) is 5.91 Å². The molecule has 0 aliphatic heterocycles. The third-order valence-electron chi connectivity index (χ3n) is 4.66. The van der Waals surface area contributed by atoms with E-state index in [4.69, 9.17) is 4.74 Å². The highest BCUT2D eigenvalue weighted by atomic mass is 16.5. The van der Waals surface area contributed by atoms with Crippen molar-refractivity contribution in [2.24, 2.45) is 5.10 Å². The molecule has 0 aliphatic carbocycles. The number of hydrazone groups is 1. The van der Waals surface area contributed by atoms with Gasteiger partial charge in [-0.1, -0.05) is 83.8 Å². The third-order valence-corrected chi connectivity index (χ3v) is 4.66. The maximum atomic E-state index is 11.8. The zero-order chi connectivity index (χ0) is 20.3. The molecule has 28 heavy (non-hydrogen) atoms. The Labute approximate surface area is 171 Å². The number of nitrogens with one attached hydrogen (secondary N) is 1. The van der Waals surface area contributed by atoms with Gasteiger partial charge in [-0.2, -0.15) is 5.10 Å². The van der Waals surface area contributed by atoms with Crippen molar-refractivity contribution < 1.29 is 9.53 Å². The molecular weight excluding hydrogens is 348 g/mol. The van der Waals surface area contributed by atoms with E-state index >= 15 is 0 Å². The van der Waals surface area contributed by atoms with Crippen molar-refractivity contribution in [3.63, 3.8) is 0 Å². The van der Waals surface area contributed by atoms with Crippen molar-refractivity contribution in [2.75, 3.05) is 6.61 Å². The highest BCUT2D eigenvalue weighted by Gasteiger charge is 1.99. The lowest BCUT2D eigenvalue weighted by molar-refractivity contribution is -0.121. The lowest BCUT2D eigenvalue weighted by Crippen LogP contribution is -2.16. The summed E-state index contributed by atoms with van der Waals surface area (Å²) in [6.45, 7) is 6.36. The van der Waals surface area contributed by atoms with E-state index in [9.17, 15) is 4.79 Å². The SMILES string of the molecule is C=CCOc1ccc(/C=N\NC(=O)CCCCCCCCCCCCC)cc1. The largest absolute Gasteiger partial charge is 0.490 e. The molecule has 0 radical (unpaired) electrons. The van der Waals surface area contributed by atoms with Crippen LogP contribution in [0.15, 0.2) is 42.0 Å². The number of unbranched alkanes of at least 4 members (excludes halogenated alkanes) is 10. The van der Waals surface area contributed by atoms with E-state index in [0.717, 1.165) is 24.2 Å². The number of hydrogen-bond acceptors (Lipinski definition) is 3. The summed E-state index contributed by atoms with van der Waals surface area (Å²) >= 11 is 0. The Hall–Kier alpha value is -2.10. The van der Waals surface area contributed by atoms with Crippen LogP contribution in [0, 0.1) is 0 Å². The Balaban J connectivity index is 2.00. The van der Waals surface area contributed by atoms with Gasteiger partial charge < -0.3 is 4.74 Å². The molecule has 0 atom stereocenters. The molecule has 1 amide bonds. The van der Waals surface area contributed by atoms with Crippen molar-refractivity contribution in [3.8, 4) is 5.75 Å². The van der Waals surface area contributed by atoms with Gasteiger partial charge in [-0.3, -0.25) is 4.79 Å². The van der Waals surface area contributed by atoms with Gasteiger partial charge in [0, 0.05) is 6.42 Å². The van der Waals surface area contributed by atoms with Crippen molar-refractivity contribution in [3.05, 3.63) is 42.5 Å². The van der Waals surface area contributed by atoms with Gasteiger partial charge in [-0.15, -0.1) is 0 Å². The Morgan fingerprint density at radius 1 is 0.964 bits per heavy atom. The number of nitrogens with zero attached hydrogens (tertiary/aromatic N) is 1. The predicted molar refractivity (Wildman–Crippen MR) is 119 cm³/mol. The minimum absolute atomic E-state index is 0.0156. The average Bonchev–Trinajstić information content (AvgIpc) is 2.71. The number of carbonyl (C=O) groups is 1. The van der Waals surface area contributed by atoms with Gasteiger partial charge in [0.15, 0.2) is 0 Å². The van der Waals surface area contributed by atoms with Crippen LogP contribution in [-0.4, -0.2) is 18.7 Å². The second kappa shape index (κ2) is 17.0. The van der Waals surface area contributed by atoms with Gasteiger partial charge in [-0.05, 0) is 36.2 Å². The highest BCUT2D eigenvalue weighted by Crippen LogP contribution is 2.12. The van der Waals surface area contributed by atoms with E-state index in [1.54, 1.807) is 12.3 Å². The molecule has 0 fully saturated rings. The van der Waals surface area contributed by atoms with Gasteiger partial charge in [0.05, 0.1) is 6.21 Å². The number of hydrogen-bond donors (Lipinski definition) is 1. The molecule has 0 unspecified atom stereocenters. The Morgan fingerprint density at radius 2 is 1.54 bits per heavy atom. The first kappa shape index (κ1) is 23.9. The monoisotopic (exact) mass is 386 g/mol. The Bertz CT molecular complexity index is 552. The van der Waals surface area contributed by atoms with Crippen LogP contribution in [0.3, 0.4) is 0 Å². The molecule has 1 N–H and O–H groups in total. The van der Waals surface area contributed by atoms with Crippen molar-refractivity contribution in [1.82, 2.24) is 5.43 Å². The lowest BCUT2D eigenvalue weighted by atomic mass is 10.1. The van der Waals surface area contributed by atoms with Crippen LogP contribution in [0.5, 0.6) is 5.75 Å². The maximum absolute atomic E-state index is 11.8. The van der Waals surface area contributed by atoms with E-state index < -0.39 is 0 Å². The van der Waals surface area contributed by atoms with Crippen LogP contribution in [0.2, 0.25) is 0 Å². The molecule has 1 aromatic rings. The van der Waals surface area contributed by atoms with Gasteiger partial charge in [0.2, 0.25) is 5.91 Å². The maximum Gasteiger partial charge on any atom is 0.240 e. The van der Waals surface area contributed by atoms with E-state index in [1.807, 2.05) is 24.3 Å². The predicted octanol–water partition coefficient (Wildman–Crippen LogP) is 6.40. The fraction of sp³-hybridized carbons (Fsp3) is 0.583. The number of benzene rings is 1. The molecule has 4 nitrogen and oxygen atoms in total. The normalized spacial score (nSPS) is 10.9.